The van der Waals surface area contributed by atoms with E-state index in [1.165, 1.54) is 22.4 Å². The minimum atomic E-state index is 0. The van der Waals surface area contributed by atoms with Gasteiger partial charge in [-0.2, -0.15) is 0 Å². The van der Waals surface area contributed by atoms with Crippen LogP contribution in [-0.2, 0) is 23.3 Å². The summed E-state index contributed by atoms with van der Waals surface area (Å²) in [5, 5.41) is 6.91. The molecule has 0 unspecified atom stereocenters. The number of nitrogens with zero attached hydrogens (tertiary/aromatic N) is 1. The fourth-order valence-electron chi connectivity index (χ4n) is 2.45. The Balaban J connectivity index is 0. The van der Waals surface area contributed by atoms with Gasteiger partial charge in [-0.3, -0.25) is 4.98 Å². The van der Waals surface area contributed by atoms with Crippen LogP contribution in [0.1, 0.15) is 22.4 Å². The molecule has 0 fully saturated rings. The third-order valence-corrected chi connectivity index (χ3v) is 3.31. The first kappa shape index (κ1) is 24.5. The van der Waals surface area contributed by atoms with Crippen molar-refractivity contribution in [2.75, 3.05) is 18.4 Å². The van der Waals surface area contributed by atoms with Gasteiger partial charge in [-0.1, -0.05) is 23.8 Å². The number of aromatic nitrogens is 1. The second kappa shape index (κ2) is 12.6. The van der Waals surface area contributed by atoms with Gasteiger partial charge in [0.2, 0.25) is 0 Å². The zero-order valence-electron chi connectivity index (χ0n) is 13.6. The Labute approximate surface area is 162 Å². The quantitative estimate of drug-likeness (QED) is 0.516. The van der Waals surface area contributed by atoms with Gasteiger partial charge >= 0.3 is 16.8 Å². The number of pyridine rings is 1. The van der Waals surface area contributed by atoms with Crippen LogP contribution in [0.5, 0.6) is 0 Å². The summed E-state index contributed by atoms with van der Waals surface area (Å²) < 4.78 is 0. The molecule has 0 aliphatic heterocycles. The maximum atomic E-state index is 4.29. The molecular formula is C17H23Cl2CoN3. The fraction of sp³-hybridized carbons (Fsp3) is 0.353. The van der Waals surface area contributed by atoms with E-state index in [4.69, 9.17) is 0 Å². The molecule has 1 heterocycles. The largest absolute Gasteiger partial charge is 2.00 e. The van der Waals surface area contributed by atoms with Gasteiger partial charge in [0.1, 0.15) is 0 Å². The average molecular weight is 399 g/mol. The molecule has 0 atom stereocenters. The summed E-state index contributed by atoms with van der Waals surface area (Å²) in [6.07, 6.45) is 1.83. The zero-order valence-corrected chi connectivity index (χ0v) is 16.2. The molecule has 1 aromatic carbocycles. The summed E-state index contributed by atoms with van der Waals surface area (Å²) in [5.74, 6) is 0. The summed E-state index contributed by atoms with van der Waals surface area (Å²) in [7, 11) is 0. The number of aryl methyl sites for hydroxylation is 3. The van der Waals surface area contributed by atoms with Crippen molar-refractivity contribution in [3.63, 3.8) is 0 Å². The van der Waals surface area contributed by atoms with Gasteiger partial charge in [0.25, 0.3) is 0 Å². The number of hydrogen-bond acceptors (Lipinski definition) is 3. The summed E-state index contributed by atoms with van der Waals surface area (Å²) in [6, 6.07) is 10.4. The molecule has 2 N–H and O–H groups in total. The summed E-state index contributed by atoms with van der Waals surface area (Å²) in [5.41, 5.74) is 6.28. The number of halogens is 2. The van der Waals surface area contributed by atoms with Crippen molar-refractivity contribution in [3.8, 4) is 0 Å². The molecule has 129 valence electrons. The van der Waals surface area contributed by atoms with E-state index >= 15 is 0 Å². The van der Waals surface area contributed by atoms with Crippen LogP contribution >= 0.6 is 0 Å². The van der Waals surface area contributed by atoms with Gasteiger partial charge in [0, 0.05) is 31.5 Å². The van der Waals surface area contributed by atoms with E-state index in [9.17, 15) is 0 Å². The number of rotatable bonds is 6. The Morgan fingerprint density at radius 2 is 1.61 bits per heavy atom. The fourth-order valence-corrected chi connectivity index (χ4v) is 2.45. The van der Waals surface area contributed by atoms with Crippen molar-refractivity contribution in [3.05, 3.63) is 58.9 Å². The molecule has 6 heteroatoms. The van der Waals surface area contributed by atoms with E-state index < -0.39 is 0 Å². The van der Waals surface area contributed by atoms with Crippen LogP contribution in [0.4, 0.5) is 5.69 Å². The molecule has 2 rings (SSSR count). The standard InChI is InChI=1S/C17H23N3.2ClH.Co/c1-13-10-14(2)17(15(3)11-13)20-9-8-18-12-16-6-4-5-7-19-16;;;/h4-7,10-11,18,20H,8-9,12H2,1-3H3;2*1H;/q;;;+2/p-2. The Morgan fingerprint density at radius 1 is 0.957 bits per heavy atom. The first-order chi connectivity index (χ1) is 9.66. The molecule has 23 heavy (non-hydrogen) atoms. The Morgan fingerprint density at radius 3 is 2.17 bits per heavy atom. The predicted octanol–water partition coefficient (Wildman–Crippen LogP) is -2.79. The van der Waals surface area contributed by atoms with Crippen molar-refractivity contribution in [2.24, 2.45) is 0 Å². The van der Waals surface area contributed by atoms with Gasteiger partial charge in [-0.05, 0) is 44.0 Å². The van der Waals surface area contributed by atoms with Gasteiger partial charge in [0.05, 0.1) is 5.69 Å². The Kier molecular flexibility index (Phi) is 13.4. The molecule has 0 spiro atoms. The molecule has 3 nitrogen and oxygen atoms in total. The van der Waals surface area contributed by atoms with E-state index in [1.54, 1.807) is 0 Å². The Hall–Kier alpha value is -0.784. The van der Waals surface area contributed by atoms with Crippen LogP contribution in [0.2, 0.25) is 0 Å². The minimum Gasteiger partial charge on any atom is -1.00 e. The number of hydrogen-bond donors (Lipinski definition) is 2. The maximum absolute atomic E-state index is 4.29. The molecule has 0 aliphatic rings. The Bertz CT molecular complexity index is 542. The summed E-state index contributed by atoms with van der Waals surface area (Å²) in [4.78, 5) is 4.29. The van der Waals surface area contributed by atoms with Crippen LogP contribution < -0.4 is 35.4 Å². The third kappa shape index (κ3) is 8.04. The first-order valence-corrected chi connectivity index (χ1v) is 7.09. The molecule has 1 aromatic heterocycles. The zero-order chi connectivity index (χ0) is 14.4. The van der Waals surface area contributed by atoms with Crippen molar-refractivity contribution in [1.29, 1.82) is 0 Å². The van der Waals surface area contributed by atoms with Crippen LogP contribution in [0.25, 0.3) is 0 Å². The molecule has 0 saturated carbocycles. The number of benzene rings is 1. The second-order valence-corrected chi connectivity index (χ2v) is 5.20. The maximum Gasteiger partial charge on any atom is 2.00 e. The molecule has 1 radical (unpaired) electrons. The minimum absolute atomic E-state index is 0. The molecule has 0 aliphatic carbocycles. The molecular weight excluding hydrogens is 376 g/mol. The normalized spacial score (nSPS) is 9.17. The van der Waals surface area contributed by atoms with Gasteiger partial charge in [0.15, 0.2) is 0 Å². The SMILES string of the molecule is Cc1cc(C)c(NCCNCc2ccccn2)c(C)c1.[Cl-].[Cl-].[Co+2]. The van der Waals surface area contributed by atoms with E-state index in [2.05, 4.69) is 48.5 Å². The van der Waals surface area contributed by atoms with Crippen molar-refractivity contribution >= 4 is 5.69 Å². The van der Waals surface area contributed by atoms with Crippen LogP contribution in [-0.4, -0.2) is 18.1 Å². The van der Waals surface area contributed by atoms with E-state index in [0.717, 1.165) is 25.3 Å². The monoisotopic (exact) mass is 398 g/mol. The number of anilines is 1. The first-order valence-electron chi connectivity index (χ1n) is 7.09. The van der Waals surface area contributed by atoms with Gasteiger partial charge < -0.3 is 35.4 Å². The van der Waals surface area contributed by atoms with E-state index in [-0.39, 0.29) is 41.6 Å². The van der Waals surface area contributed by atoms with E-state index in [1.807, 2.05) is 24.4 Å². The topological polar surface area (TPSA) is 37.0 Å². The van der Waals surface area contributed by atoms with Crippen molar-refractivity contribution in [2.45, 2.75) is 27.3 Å². The van der Waals surface area contributed by atoms with Crippen LogP contribution in [0, 0.1) is 20.8 Å². The van der Waals surface area contributed by atoms with Gasteiger partial charge in [-0.15, -0.1) is 0 Å². The molecule has 0 bridgehead atoms. The number of nitrogens with one attached hydrogen (secondary N) is 2. The summed E-state index contributed by atoms with van der Waals surface area (Å²) in [6.45, 7) is 9.10. The predicted molar refractivity (Wildman–Crippen MR) is 85.1 cm³/mol. The van der Waals surface area contributed by atoms with Gasteiger partial charge in [-0.25, -0.2) is 0 Å². The molecule has 0 saturated heterocycles. The second-order valence-electron chi connectivity index (χ2n) is 5.20. The van der Waals surface area contributed by atoms with Crippen LogP contribution in [0.3, 0.4) is 0 Å². The molecule has 2 aromatic rings. The van der Waals surface area contributed by atoms with Crippen molar-refractivity contribution in [1.82, 2.24) is 10.3 Å². The molecule has 0 amide bonds. The summed E-state index contributed by atoms with van der Waals surface area (Å²) >= 11 is 0. The van der Waals surface area contributed by atoms with E-state index in [0.29, 0.717) is 0 Å². The van der Waals surface area contributed by atoms with Crippen LogP contribution in [0.15, 0.2) is 36.5 Å². The third-order valence-electron chi connectivity index (χ3n) is 3.31. The average Bonchev–Trinajstić information content (AvgIpc) is 2.42. The van der Waals surface area contributed by atoms with Crippen molar-refractivity contribution < 1.29 is 41.6 Å². The smallest absolute Gasteiger partial charge is 1.00 e.